The Labute approximate surface area is 157 Å². The number of nitrogens with zero attached hydrogens (tertiary/aromatic N) is 2. The summed E-state index contributed by atoms with van der Waals surface area (Å²) in [5.74, 6) is 0.566. The average Bonchev–Trinajstić information content (AvgIpc) is 2.75. The highest BCUT2D eigenvalue weighted by atomic mass is 16.2. The van der Waals surface area contributed by atoms with E-state index in [0.717, 1.165) is 27.7 Å². The normalized spacial score (nSPS) is 12.7. The Morgan fingerprint density at radius 2 is 1.37 bits per heavy atom. The monoisotopic (exact) mass is 348 g/mol. The molecule has 1 aliphatic rings. The van der Waals surface area contributed by atoms with Crippen molar-refractivity contribution in [3.8, 4) is 0 Å². The summed E-state index contributed by atoms with van der Waals surface area (Å²) >= 11 is 0. The van der Waals surface area contributed by atoms with Gasteiger partial charge in [0.15, 0.2) is 0 Å². The number of benzene rings is 4. The number of carbonyl (C=O) groups excluding carboxylic acids is 1. The fraction of sp³-hybridized carbons (Fsp3) is 0. The molecule has 1 amide bonds. The highest BCUT2D eigenvalue weighted by Gasteiger charge is 2.29. The van der Waals surface area contributed by atoms with Crippen molar-refractivity contribution in [3.63, 3.8) is 0 Å². The summed E-state index contributed by atoms with van der Waals surface area (Å²) in [4.78, 5) is 20.1. The summed E-state index contributed by atoms with van der Waals surface area (Å²) in [6.45, 7) is 0. The maximum Gasteiger partial charge on any atom is 0.264 e. The number of amidine groups is 1. The molecule has 27 heavy (non-hydrogen) atoms. The van der Waals surface area contributed by atoms with Gasteiger partial charge in [0.2, 0.25) is 0 Å². The quantitative estimate of drug-likeness (QED) is 0.465. The number of carbonyl (C=O) groups is 1. The first-order chi connectivity index (χ1) is 13.3. The molecule has 4 aromatic carbocycles. The van der Waals surface area contributed by atoms with Crippen LogP contribution < -0.4 is 4.90 Å². The van der Waals surface area contributed by atoms with Gasteiger partial charge in [0.05, 0.1) is 11.4 Å². The predicted octanol–water partition coefficient (Wildman–Crippen LogP) is 5.58. The maximum absolute atomic E-state index is 13.5. The molecule has 0 aromatic heterocycles. The molecule has 4 aromatic rings. The molecular formula is C24H16N2O. The van der Waals surface area contributed by atoms with Crippen molar-refractivity contribution in [3.05, 3.63) is 108 Å². The van der Waals surface area contributed by atoms with Crippen LogP contribution in [0.15, 0.2) is 102 Å². The standard InChI is InChI=1S/C24H16N2O/c27-24(19-11-5-2-6-12-19)26-21-16-8-14-17-13-7-15-20(22(17)21)25-23(26)18-9-3-1-4-10-18/h1-16H. The molecule has 0 spiro atoms. The van der Waals surface area contributed by atoms with Gasteiger partial charge in [0.1, 0.15) is 5.84 Å². The van der Waals surface area contributed by atoms with Crippen molar-refractivity contribution in [2.24, 2.45) is 4.99 Å². The van der Waals surface area contributed by atoms with Gasteiger partial charge in [-0.2, -0.15) is 0 Å². The molecule has 3 nitrogen and oxygen atoms in total. The molecule has 128 valence electrons. The summed E-state index contributed by atoms with van der Waals surface area (Å²) in [7, 11) is 0. The van der Waals surface area contributed by atoms with Crippen LogP contribution in [0.5, 0.6) is 0 Å². The fourth-order valence-corrected chi connectivity index (χ4v) is 3.56. The predicted molar refractivity (Wildman–Crippen MR) is 110 cm³/mol. The summed E-state index contributed by atoms with van der Waals surface area (Å²) in [5.41, 5.74) is 3.30. The molecule has 1 heterocycles. The molecule has 0 atom stereocenters. The third-order valence-corrected chi connectivity index (χ3v) is 4.80. The first kappa shape index (κ1) is 15.5. The Bertz CT molecular complexity index is 1180. The van der Waals surface area contributed by atoms with E-state index in [1.54, 1.807) is 4.90 Å². The van der Waals surface area contributed by atoms with Crippen LogP contribution in [-0.2, 0) is 0 Å². The lowest BCUT2D eigenvalue weighted by molar-refractivity contribution is 0.100. The van der Waals surface area contributed by atoms with Crippen LogP contribution in [0.4, 0.5) is 11.4 Å². The van der Waals surface area contributed by atoms with E-state index in [9.17, 15) is 4.79 Å². The second kappa shape index (κ2) is 6.22. The van der Waals surface area contributed by atoms with Crippen molar-refractivity contribution < 1.29 is 4.79 Å². The zero-order valence-corrected chi connectivity index (χ0v) is 14.5. The van der Waals surface area contributed by atoms with Crippen LogP contribution >= 0.6 is 0 Å². The van der Waals surface area contributed by atoms with E-state index in [4.69, 9.17) is 4.99 Å². The molecule has 1 aliphatic heterocycles. The van der Waals surface area contributed by atoms with Gasteiger partial charge >= 0.3 is 0 Å². The van der Waals surface area contributed by atoms with E-state index in [-0.39, 0.29) is 5.91 Å². The Morgan fingerprint density at radius 3 is 2.11 bits per heavy atom. The molecular weight excluding hydrogens is 332 g/mol. The van der Waals surface area contributed by atoms with Gasteiger partial charge in [-0.1, -0.05) is 72.8 Å². The molecule has 5 rings (SSSR count). The fourth-order valence-electron chi connectivity index (χ4n) is 3.56. The van der Waals surface area contributed by atoms with Crippen LogP contribution in [0.3, 0.4) is 0 Å². The number of hydrogen-bond donors (Lipinski definition) is 0. The first-order valence-electron chi connectivity index (χ1n) is 8.88. The lowest BCUT2D eigenvalue weighted by Crippen LogP contribution is -2.39. The third kappa shape index (κ3) is 2.52. The highest BCUT2D eigenvalue weighted by molar-refractivity contribution is 6.32. The van der Waals surface area contributed by atoms with E-state index < -0.39 is 0 Å². The van der Waals surface area contributed by atoms with Crippen molar-refractivity contribution in [1.82, 2.24) is 0 Å². The van der Waals surface area contributed by atoms with Crippen molar-refractivity contribution in [2.45, 2.75) is 0 Å². The molecule has 3 heteroatoms. The van der Waals surface area contributed by atoms with Crippen LogP contribution in [0.2, 0.25) is 0 Å². The molecule has 0 bridgehead atoms. The average molecular weight is 348 g/mol. The van der Waals surface area contributed by atoms with Gasteiger partial charge in [0, 0.05) is 16.5 Å². The van der Waals surface area contributed by atoms with Gasteiger partial charge in [-0.15, -0.1) is 0 Å². The lowest BCUT2D eigenvalue weighted by Gasteiger charge is -2.30. The van der Waals surface area contributed by atoms with Crippen molar-refractivity contribution in [2.75, 3.05) is 4.90 Å². The van der Waals surface area contributed by atoms with E-state index >= 15 is 0 Å². The molecule has 0 unspecified atom stereocenters. The number of hydrogen-bond acceptors (Lipinski definition) is 2. The number of rotatable bonds is 2. The maximum atomic E-state index is 13.5. The SMILES string of the molecule is O=C(c1ccccc1)N1C(c2ccccc2)=Nc2cccc3cccc1c23. The van der Waals surface area contributed by atoms with Crippen LogP contribution in [-0.4, -0.2) is 11.7 Å². The summed E-state index contributed by atoms with van der Waals surface area (Å²) in [5, 5.41) is 2.08. The number of anilines is 1. The summed E-state index contributed by atoms with van der Waals surface area (Å²) in [6.07, 6.45) is 0. The highest BCUT2D eigenvalue weighted by Crippen LogP contribution is 2.40. The topological polar surface area (TPSA) is 32.7 Å². The lowest BCUT2D eigenvalue weighted by atomic mass is 10.0. The Kier molecular flexibility index (Phi) is 3.58. The van der Waals surface area contributed by atoms with Gasteiger partial charge in [-0.3, -0.25) is 9.69 Å². The van der Waals surface area contributed by atoms with E-state index in [1.807, 2.05) is 84.9 Å². The first-order valence-corrected chi connectivity index (χ1v) is 8.88. The van der Waals surface area contributed by atoms with Gasteiger partial charge in [-0.25, -0.2) is 4.99 Å². The molecule has 0 N–H and O–H groups in total. The second-order valence-electron chi connectivity index (χ2n) is 6.46. The summed E-state index contributed by atoms with van der Waals surface area (Å²) in [6, 6.07) is 31.3. The van der Waals surface area contributed by atoms with Gasteiger partial charge in [-0.05, 0) is 29.7 Å². The number of amides is 1. The second-order valence-corrected chi connectivity index (χ2v) is 6.46. The minimum Gasteiger partial charge on any atom is -0.268 e. The molecule has 0 aliphatic carbocycles. The van der Waals surface area contributed by atoms with E-state index in [1.165, 1.54) is 0 Å². The molecule has 0 fully saturated rings. The van der Waals surface area contributed by atoms with Crippen LogP contribution in [0, 0.1) is 0 Å². The zero-order valence-electron chi connectivity index (χ0n) is 14.5. The molecule has 0 radical (unpaired) electrons. The Hall–Kier alpha value is -3.72. The molecule has 0 saturated heterocycles. The van der Waals surface area contributed by atoms with Gasteiger partial charge < -0.3 is 0 Å². The van der Waals surface area contributed by atoms with Crippen LogP contribution in [0.25, 0.3) is 10.8 Å². The van der Waals surface area contributed by atoms with Crippen molar-refractivity contribution >= 4 is 33.9 Å². The largest absolute Gasteiger partial charge is 0.268 e. The summed E-state index contributed by atoms with van der Waals surface area (Å²) < 4.78 is 0. The van der Waals surface area contributed by atoms with E-state index in [2.05, 4.69) is 12.1 Å². The molecule has 0 saturated carbocycles. The third-order valence-electron chi connectivity index (χ3n) is 4.80. The van der Waals surface area contributed by atoms with E-state index in [0.29, 0.717) is 11.4 Å². The Balaban J connectivity index is 1.79. The van der Waals surface area contributed by atoms with Crippen molar-refractivity contribution in [1.29, 1.82) is 0 Å². The van der Waals surface area contributed by atoms with Gasteiger partial charge in [0.25, 0.3) is 5.91 Å². The number of aliphatic imine (C=N–C) groups is 1. The Morgan fingerprint density at radius 1 is 0.704 bits per heavy atom. The smallest absolute Gasteiger partial charge is 0.264 e. The zero-order chi connectivity index (χ0) is 18.2. The van der Waals surface area contributed by atoms with Crippen LogP contribution in [0.1, 0.15) is 15.9 Å². The minimum atomic E-state index is -0.0831. The minimum absolute atomic E-state index is 0.0831.